The van der Waals surface area contributed by atoms with Crippen molar-refractivity contribution in [2.75, 3.05) is 77.7 Å². The molecule has 0 saturated carbocycles. The zero-order chi connectivity index (χ0) is 52.1. The van der Waals surface area contributed by atoms with Gasteiger partial charge in [-0.3, -0.25) is 14.1 Å². The van der Waals surface area contributed by atoms with E-state index >= 15 is 0 Å². The standard InChI is InChI=1S/C49H52ClF3N8O8S4/c1-71(64,65)57-48(63)46-47(61(33-54-46)39-14-10-35(50)11-15-39)34-6-5-7-40(30-34)60-28-26-59(27-29-60)38-16-12-36(13-17-38)56-73(68,69)43-18-19-44(45(31-43)72(66,67)49(51,52)53)55-37(32-70-42-8-3-2-4-9-42)20-23-58-24-21-41(62)22-25-58/h2-19,30-31,33,37,41,55-56,62H,20-29,32H2,1H3,(H,57,63)/t37-/m1/s1. The molecule has 16 nitrogen and oxygen atoms in total. The number of aliphatic hydroxyl groups is 1. The number of carbonyl (C=O) groups excluding carboxylic acids is 1. The second kappa shape index (κ2) is 22.3. The van der Waals surface area contributed by atoms with Crippen LogP contribution in [0.5, 0.6) is 0 Å². The lowest BCUT2D eigenvalue weighted by Gasteiger charge is -2.37. The van der Waals surface area contributed by atoms with E-state index in [1.807, 2.05) is 53.3 Å². The molecule has 0 spiro atoms. The number of carbonyl (C=O) groups is 1. The van der Waals surface area contributed by atoms with Crippen molar-refractivity contribution in [3.05, 3.63) is 138 Å². The van der Waals surface area contributed by atoms with Gasteiger partial charge in [-0.2, -0.15) is 13.2 Å². The van der Waals surface area contributed by atoms with E-state index in [0.29, 0.717) is 98.9 Å². The van der Waals surface area contributed by atoms with Crippen LogP contribution < -0.4 is 24.6 Å². The van der Waals surface area contributed by atoms with Crippen molar-refractivity contribution in [3.63, 3.8) is 0 Å². The summed E-state index contributed by atoms with van der Waals surface area (Å²) in [7, 11) is -14.6. The topological polar surface area (TPSA) is 203 Å². The summed E-state index contributed by atoms with van der Waals surface area (Å²) >= 11 is 7.58. The normalized spacial score (nSPS) is 15.8. The summed E-state index contributed by atoms with van der Waals surface area (Å²) in [5.41, 5.74) is -2.94. The van der Waals surface area contributed by atoms with E-state index in [2.05, 4.69) is 29.7 Å². The van der Waals surface area contributed by atoms with Gasteiger partial charge in [0.2, 0.25) is 10.0 Å². The Morgan fingerprint density at radius 1 is 0.795 bits per heavy atom. The van der Waals surface area contributed by atoms with E-state index < -0.39 is 63.2 Å². The fraction of sp³-hybridized carbons (Fsp3) is 0.306. The zero-order valence-electron chi connectivity index (χ0n) is 39.2. The molecular weight excluding hydrogens is 1050 g/mol. The minimum absolute atomic E-state index is 0.0901. The number of hydrogen-bond donors (Lipinski definition) is 4. The van der Waals surface area contributed by atoms with Crippen LogP contribution in [0.4, 0.5) is 35.9 Å². The van der Waals surface area contributed by atoms with Crippen molar-refractivity contribution >= 4 is 81.9 Å². The van der Waals surface area contributed by atoms with Gasteiger partial charge in [-0.15, -0.1) is 11.8 Å². The van der Waals surface area contributed by atoms with E-state index in [0.717, 1.165) is 34.7 Å². The Labute approximate surface area is 431 Å². The number of aliphatic hydroxyl groups excluding tert-OH is 1. The predicted molar refractivity (Wildman–Crippen MR) is 279 cm³/mol. The van der Waals surface area contributed by atoms with Crippen molar-refractivity contribution in [2.24, 2.45) is 0 Å². The quantitative estimate of drug-likeness (QED) is 0.0609. The summed E-state index contributed by atoms with van der Waals surface area (Å²) in [4.78, 5) is 22.8. The first-order chi connectivity index (χ1) is 34.6. The van der Waals surface area contributed by atoms with Gasteiger partial charge in [0.1, 0.15) is 11.2 Å². The molecule has 2 saturated heterocycles. The lowest BCUT2D eigenvalue weighted by atomic mass is 10.1. The van der Waals surface area contributed by atoms with Crippen LogP contribution >= 0.6 is 23.4 Å². The highest BCUT2D eigenvalue weighted by Crippen LogP contribution is 2.38. The molecule has 0 unspecified atom stereocenters. The SMILES string of the molecule is CS(=O)(=O)NC(=O)c1ncn(-c2ccc(Cl)cc2)c1-c1cccc(N2CCN(c3ccc(NS(=O)(=O)c4ccc(N[C@H](CCN5CCC(O)CC5)CSc5ccccc5)c(S(=O)(=O)C(F)(F)F)c4)cc3)CC2)c1. The Bertz CT molecular complexity index is 3250. The van der Waals surface area contributed by atoms with E-state index in [1.54, 1.807) is 47.0 Å². The second-order valence-corrected chi connectivity index (χ2v) is 24.5. The molecule has 1 amide bonds. The number of piperidine rings is 1. The van der Waals surface area contributed by atoms with E-state index in [1.165, 1.54) is 30.2 Å². The number of sulfone groups is 1. The van der Waals surface area contributed by atoms with Crippen LogP contribution in [0.25, 0.3) is 16.9 Å². The molecule has 2 aliphatic rings. The van der Waals surface area contributed by atoms with Gasteiger partial charge >= 0.3 is 5.51 Å². The van der Waals surface area contributed by atoms with Gasteiger partial charge in [0.05, 0.1) is 28.6 Å². The average molecular weight is 1100 g/mol. The summed E-state index contributed by atoms with van der Waals surface area (Å²) in [6, 6.07) is 32.1. The van der Waals surface area contributed by atoms with Crippen LogP contribution in [0.1, 0.15) is 29.8 Å². The van der Waals surface area contributed by atoms with E-state index in [9.17, 15) is 48.3 Å². The molecule has 3 heterocycles. The number of sulfonamides is 2. The van der Waals surface area contributed by atoms with E-state index in [4.69, 9.17) is 11.6 Å². The summed E-state index contributed by atoms with van der Waals surface area (Å²) in [5, 5.41) is 13.5. The number of amides is 1. The number of likely N-dealkylation sites (tertiary alicyclic amines) is 1. The van der Waals surface area contributed by atoms with Crippen LogP contribution in [0, 0.1) is 0 Å². The van der Waals surface area contributed by atoms with Crippen LogP contribution in [-0.2, 0) is 29.9 Å². The third-order valence-corrected chi connectivity index (χ3v) is 17.3. The highest BCUT2D eigenvalue weighted by Gasteiger charge is 2.48. The Balaban J connectivity index is 0.957. The second-order valence-electron chi connectivity index (χ2n) is 17.6. The van der Waals surface area contributed by atoms with Crippen molar-refractivity contribution in [3.8, 4) is 16.9 Å². The van der Waals surface area contributed by atoms with Gasteiger partial charge in [0.25, 0.3) is 25.8 Å². The third-order valence-electron chi connectivity index (χ3n) is 12.4. The largest absolute Gasteiger partial charge is 0.501 e. The van der Waals surface area contributed by atoms with Crippen molar-refractivity contribution in [1.82, 2.24) is 19.2 Å². The van der Waals surface area contributed by atoms with Crippen molar-refractivity contribution in [2.45, 2.75) is 51.6 Å². The monoisotopic (exact) mass is 1100 g/mol. The van der Waals surface area contributed by atoms with Crippen LogP contribution in [-0.4, -0.2) is 126 Å². The molecule has 1 atom stereocenters. The number of piperazine rings is 1. The van der Waals surface area contributed by atoms with E-state index in [-0.39, 0.29) is 17.1 Å². The highest BCUT2D eigenvalue weighted by atomic mass is 35.5. The maximum absolute atomic E-state index is 14.3. The number of halogens is 4. The van der Waals surface area contributed by atoms with Gasteiger partial charge in [0.15, 0.2) is 5.69 Å². The first-order valence-electron chi connectivity index (χ1n) is 23.0. The summed E-state index contributed by atoms with van der Waals surface area (Å²) < 4.78 is 127. The lowest BCUT2D eigenvalue weighted by Crippen LogP contribution is -2.46. The Morgan fingerprint density at radius 2 is 1.44 bits per heavy atom. The number of benzene rings is 5. The van der Waals surface area contributed by atoms with Crippen LogP contribution in [0.15, 0.2) is 142 Å². The predicted octanol–water partition coefficient (Wildman–Crippen LogP) is 7.72. The molecular formula is C49H52ClF3N8O8S4. The van der Waals surface area contributed by atoms with Crippen LogP contribution in [0.3, 0.4) is 0 Å². The number of thioether (sulfide) groups is 1. The van der Waals surface area contributed by atoms with Crippen molar-refractivity contribution in [1.29, 1.82) is 0 Å². The molecule has 2 fully saturated rings. The summed E-state index contributed by atoms with van der Waals surface area (Å²) in [5.74, 6) is -0.537. The molecule has 0 aliphatic carbocycles. The molecule has 8 rings (SSSR count). The number of nitrogens with one attached hydrogen (secondary N) is 3. The fourth-order valence-electron chi connectivity index (χ4n) is 8.58. The van der Waals surface area contributed by atoms with Gasteiger partial charge in [-0.1, -0.05) is 41.9 Å². The van der Waals surface area contributed by atoms with Crippen LogP contribution in [0.2, 0.25) is 5.02 Å². The molecule has 0 bridgehead atoms. The van der Waals surface area contributed by atoms with Gasteiger partial charge < -0.3 is 25.1 Å². The first-order valence-corrected chi connectivity index (χ1v) is 29.2. The first kappa shape index (κ1) is 53.5. The molecule has 0 radical (unpaired) electrons. The third kappa shape index (κ3) is 13.3. The number of anilines is 4. The Hall–Kier alpha value is -5.82. The van der Waals surface area contributed by atoms with Crippen molar-refractivity contribution < 1.29 is 48.3 Å². The Morgan fingerprint density at radius 3 is 2.08 bits per heavy atom. The molecule has 24 heteroatoms. The lowest BCUT2D eigenvalue weighted by molar-refractivity contribution is -0.0436. The molecule has 73 heavy (non-hydrogen) atoms. The summed E-state index contributed by atoms with van der Waals surface area (Å²) in [6.45, 7) is 4.01. The molecule has 2 aliphatic heterocycles. The number of hydrogen-bond acceptors (Lipinski definition) is 14. The maximum atomic E-state index is 14.3. The average Bonchev–Trinajstić information content (AvgIpc) is 3.81. The zero-order valence-corrected chi connectivity index (χ0v) is 43.3. The smallest absolute Gasteiger partial charge is 0.393 e. The van der Waals surface area contributed by atoms with Gasteiger partial charge in [-0.05, 0) is 110 Å². The number of imidazole rings is 1. The molecule has 1 aromatic heterocycles. The van der Waals surface area contributed by atoms with Gasteiger partial charge in [0, 0.05) is 95.8 Å². The maximum Gasteiger partial charge on any atom is 0.501 e. The van der Waals surface area contributed by atoms with Gasteiger partial charge in [-0.25, -0.2) is 35.0 Å². The number of aromatic nitrogens is 2. The summed E-state index contributed by atoms with van der Waals surface area (Å²) in [6.07, 6.45) is 3.51. The number of rotatable bonds is 18. The molecule has 5 aromatic carbocycles. The molecule has 388 valence electrons. The number of alkyl halides is 3. The molecule has 4 N–H and O–H groups in total. The number of nitrogens with zero attached hydrogens (tertiary/aromatic N) is 5. The minimum Gasteiger partial charge on any atom is -0.393 e. The molecule has 6 aromatic rings. The Kier molecular flexibility index (Phi) is 16.4. The fourth-order valence-corrected chi connectivity index (χ4v) is 12.2. The minimum atomic E-state index is -6.04. The highest BCUT2D eigenvalue weighted by molar-refractivity contribution is 7.99.